The standard InChI is InChI=1S/C11H17NO2S/c1-15-7-3-6-12-8-9-4-2-5-10(13)11(9)14/h2,4-5,12-14H,3,6-8H2,1H3. The lowest BCUT2D eigenvalue weighted by Crippen LogP contribution is -2.15. The van der Waals surface area contributed by atoms with Crippen molar-refractivity contribution in [3.63, 3.8) is 0 Å². The zero-order valence-corrected chi connectivity index (χ0v) is 9.68. The molecule has 0 aliphatic carbocycles. The van der Waals surface area contributed by atoms with E-state index in [0.717, 1.165) is 24.3 Å². The van der Waals surface area contributed by atoms with E-state index in [1.165, 1.54) is 6.07 Å². The minimum Gasteiger partial charge on any atom is -0.504 e. The van der Waals surface area contributed by atoms with Crippen molar-refractivity contribution in [3.05, 3.63) is 23.8 Å². The summed E-state index contributed by atoms with van der Waals surface area (Å²) in [4.78, 5) is 0. The summed E-state index contributed by atoms with van der Waals surface area (Å²) in [7, 11) is 0. The van der Waals surface area contributed by atoms with Crippen molar-refractivity contribution in [1.82, 2.24) is 5.32 Å². The molecule has 0 heterocycles. The molecule has 1 aromatic rings. The van der Waals surface area contributed by atoms with E-state index in [0.29, 0.717) is 6.54 Å². The lowest BCUT2D eigenvalue weighted by molar-refractivity contribution is 0.398. The molecule has 0 aliphatic heterocycles. The second-order valence-electron chi connectivity index (χ2n) is 3.31. The van der Waals surface area contributed by atoms with Crippen molar-refractivity contribution in [1.29, 1.82) is 0 Å². The van der Waals surface area contributed by atoms with Gasteiger partial charge in [-0.25, -0.2) is 0 Å². The SMILES string of the molecule is CSCCCNCc1cccc(O)c1O. The number of nitrogens with one attached hydrogen (secondary N) is 1. The molecule has 0 fully saturated rings. The van der Waals surface area contributed by atoms with Crippen molar-refractivity contribution in [2.45, 2.75) is 13.0 Å². The van der Waals surface area contributed by atoms with Crippen LogP contribution >= 0.6 is 11.8 Å². The molecule has 0 aromatic heterocycles. The Morgan fingerprint density at radius 2 is 2.13 bits per heavy atom. The van der Waals surface area contributed by atoms with Crippen LogP contribution in [-0.4, -0.2) is 28.8 Å². The van der Waals surface area contributed by atoms with Crippen LogP contribution in [-0.2, 0) is 6.54 Å². The van der Waals surface area contributed by atoms with Crippen LogP contribution in [0.3, 0.4) is 0 Å². The maximum Gasteiger partial charge on any atom is 0.161 e. The highest BCUT2D eigenvalue weighted by atomic mass is 32.2. The Morgan fingerprint density at radius 3 is 2.87 bits per heavy atom. The van der Waals surface area contributed by atoms with E-state index < -0.39 is 0 Å². The van der Waals surface area contributed by atoms with Crippen molar-refractivity contribution in [2.24, 2.45) is 0 Å². The largest absolute Gasteiger partial charge is 0.504 e. The molecule has 0 bridgehead atoms. The first kappa shape index (κ1) is 12.2. The second-order valence-corrected chi connectivity index (χ2v) is 4.29. The fourth-order valence-corrected chi connectivity index (χ4v) is 1.72. The third-order valence-corrected chi connectivity index (χ3v) is 2.81. The predicted octanol–water partition coefficient (Wildman–Crippen LogP) is 1.94. The Bertz CT molecular complexity index is 305. The lowest BCUT2D eigenvalue weighted by atomic mass is 10.2. The summed E-state index contributed by atoms with van der Waals surface area (Å²) >= 11 is 1.82. The number of thioether (sulfide) groups is 1. The molecule has 0 saturated carbocycles. The molecule has 84 valence electrons. The van der Waals surface area contributed by atoms with Crippen LogP contribution in [0.4, 0.5) is 0 Å². The number of hydrogen-bond acceptors (Lipinski definition) is 4. The summed E-state index contributed by atoms with van der Waals surface area (Å²) < 4.78 is 0. The van der Waals surface area contributed by atoms with Crippen LogP contribution in [0.5, 0.6) is 11.5 Å². The highest BCUT2D eigenvalue weighted by Gasteiger charge is 2.04. The normalized spacial score (nSPS) is 10.5. The van der Waals surface area contributed by atoms with Gasteiger partial charge in [0.05, 0.1) is 0 Å². The molecular weight excluding hydrogens is 210 g/mol. The van der Waals surface area contributed by atoms with Gasteiger partial charge in [-0.1, -0.05) is 12.1 Å². The number of phenolic OH excluding ortho intramolecular Hbond substituents is 2. The van der Waals surface area contributed by atoms with Crippen LogP contribution in [0.15, 0.2) is 18.2 Å². The number of rotatable bonds is 6. The van der Waals surface area contributed by atoms with Gasteiger partial charge < -0.3 is 15.5 Å². The van der Waals surface area contributed by atoms with Crippen LogP contribution in [0, 0.1) is 0 Å². The highest BCUT2D eigenvalue weighted by molar-refractivity contribution is 7.98. The predicted molar refractivity (Wildman–Crippen MR) is 64.5 cm³/mol. The fourth-order valence-electron chi connectivity index (χ4n) is 1.28. The van der Waals surface area contributed by atoms with Crippen molar-refractivity contribution in [3.8, 4) is 11.5 Å². The first-order valence-corrected chi connectivity index (χ1v) is 6.34. The van der Waals surface area contributed by atoms with E-state index in [9.17, 15) is 10.2 Å². The molecule has 3 N–H and O–H groups in total. The summed E-state index contributed by atoms with van der Waals surface area (Å²) in [5.41, 5.74) is 0.735. The van der Waals surface area contributed by atoms with Crippen LogP contribution in [0.25, 0.3) is 0 Å². The molecule has 0 saturated heterocycles. The van der Waals surface area contributed by atoms with Crippen LogP contribution in [0.1, 0.15) is 12.0 Å². The van der Waals surface area contributed by atoms with Gasteiger partial charge in [-0.15, -0.1) is 0 Å². The monoisotopic (exact) mass is 227 g/mol. The molecule has 0 radical (unpaired) electrons. The third kappa shape index (κ3) is 4.01. The van der Waals surface area contributed by atoms with Gasteiger partial charge in [0.25, 0.3) is 0 Å². The summed E-state index contributed by atoms with van der Waals surface area (Å²) in [6.07, 6.45) is 3.20. The van der Waals surface area contributed by atoms with Gasteiger partial charge in [0.2, 0.25) is 0 Å². The van der Waals surface area contributed by atoms with Crippen molar-refractivity contribution < 1.29 is 10.2 Å². The fraction of sp³-hybridized carbons (Fsp3) is 0.455. The minimum atomic E-state index is -0.0570. The highest BCUT2D eigenvalue weighted by Crippen LogP contribution is 2.27. The van der Waals surface area contributed by atoms with Crippen LogP contribution in [0.2, 0.25) is 0 Å². The van der Waals surface area contributed by atoms with Gasteiger partial charge in [0, 0.05) is 12.1 Å². The van der Waals surface area contributed by atoms with E-state index >= 15 is 0 Å². The molecule has 1 aromatic carbocycles. The Kier molecular flexibility index (Phi) is 5.36. The Hall–Kier alpha value is -0.870. The molecule has 0 unspecified atom stereocenters. The van der Waals surface area contributed by atoms with E-state index in [2.05, 4.69) is 11.6 Å². The number of aromatic hydroxyl groups is 2. The number of phenols is 2. The third-order valence-electron chi connectivity index (χ3n) is 2.12. The van der Waals surface area contributed by atoms with E-state index in [1.807, 2.05) is 11.8 Å². The van der Waals surface area contributed by atoms with Crippen LogP contribution < -0.4 is 5.32 Å². The number of para-hydroxylation sites is 1. The van der Waals surface area contributed by atoms with Gasteiger partial charge >= 0.3 is 0 Å². The Labute approximate surface area is 94.5 Å². The van der Waals surface area contributed by atoms with Gasteiger partial charge in [-0.3, -0.25) is 0 Å². The Balaban J connectivity index is 2.34. The Morgan fingerprint density at radius 1 is 1.33 bits per heavy atom. The first-order valence-electron chi connectivity index (χ1n) is 4.95. The minimum absolute atomic E-state index is 0.0186. The average molecular weight is 227 g/mol. The van der Waals surface area contributed by atoms with Gasteiger partial charge in [-0.2, -0.15) is 11.8 Å². The molecule has 0 atom stereocenters. The summed E-state index contributed by atoms with van der Waals surface area (Å²) in [6, 6.07) is 5.01. The molecule has 0 spiro atoms. The smallest absolute Gasteiger partial charge is 0.161 e. The zero-order chi connectivity index (χ0) is 11.1. The second kappa shape index (κ2) is 6.58. The maximum absolute atomic E-state index is 9.51. The average Bonchev–Trinajstić information content (AvgIpc) is 2.24. The lowest BCUT2D eigenvalue weighted by Gasteiger charge is -2.07. The molecule has 3 nitrogen and oxygen atoms in total. The molecule has 1 rings (SSSR count). The molecule has 4 heteroatoms. The summed E-state index contributed by atoms with van der Waals surface area (Å²) in [6.45, 7) is 1.52. The topological polar surface area (TPSA) is 52.5 Å². The number of benzene rings is 1. The van der Waals surface area contributed by atoms with Gasteiger partial charge in [0.1, 0.15) is 0 Å². The zero-order valence-electron chi connectivity index (χ0n) is 8.86. The first-order chi connectivity index (χ1) is 7.25. The summed E-state index contributed by atoms with van der Waals surface area (Å²) in [5.74, 6) is 1.06. The maximum atomic E-state index is 9.51. The van der Waals surface area contributed by atoms with E-state index in [1.54, 1.807) is 12.1 Å². The quantitative estimate of drug-likeness (QED) is 0.513. The van der Waals surface area contributed by atoms with E-state index in [-0.39, 0.29) is 11.5 Å². The van der Waals surface area contributed by atoms with E-state index in [4.69, 9.17) is 0 Å². The van der Waals surface area contributed by atoms with Gasteiger partial charge in [-0.05, 0) is 31.0 Å². The van der Waals surface area contributed by atoms with Crippen molar-refractivity contribution in [2.75, 3.05) is 18.6 Å². The molecule has 0 aliphatic rings. The van der Waals surface area contributed by atoms with Gasteiger partial charge in [0.15, 0.2) is 11.5 Å². The van der Waals surface area contributed by atoms with Crippen molar-refractivity contribution >= 4 is 11.8 Å². The molecular formula is C11H17NO2S. The summed E-state index contributed by atoms with van der Waals surface area (Å²) in [5, 5.41) is 22.0. The number of hydrogen-bond donors (Lipinski definition) is 3. The molecule has 0 amide bonds. The molecule has 15 heavy (non-hydrogen) atoms.